The average Bonchev–Trinajstić information content (AvgIpc) is 3.17. The number of fused-ring (bicyclic) bond motifs is 1. The Hall–Kier alpha value is -2.99. The molecule has 2 unspecified atom stereocenters. The number of halogens is 2. The second-order valence-electron chi connectivity index (χ2n) is 7.37. The van der Waals surface area contributed by atoms with Crippen LogP contribution in [0.2, 0.25) is 0 Å². The van der Waals surface area contributed by atoms with Gasteiger partial charge in [-0.3, -0.25) is 4.21 Å². The largest absolute Gasteiger partial charge is 0.343 e. The lowest BCUT2D eigenvalue weighted by atomic mass is 9.89. The number of hydrogen-bond acceptors (Lipinski definition) is 2. The second kappa shape index (κ2) is 8.03. The van der Waals surface area contributed by atoms with E-state index in [1.165, 1.54) is 12.1 Å². The molecule has 0 amide bonds. The van der Waals surface area contributed by atoms with Crippen LogP contribution in [0.4, 0.5) is 8.78 Å². The number of pyridine rings is 1. The van der Waals surface area contributed by atoms with Gasteiger partial charge in [-0.1, -0.05) is 18.2 Å². The standard InChI is InChI=1S/C24H22F2N2OS/c1-3-30(2,29)20-10-7-16(8-11-20)21(13-17-6-9-19(25)15-22(17)26)23-14-18-5-4-12-27-24(18)28-23/h3-12,14-15,21H,13H2,1-2H3,(H,27,28). The van der Waals surface area contributed by atoms with E-state index in [-0.39, 0.29) is 5.92 Å². The number of aromatic amines is 1. The highest BCUT2D eigenvalue weighted by atomic mass is 32.2. The van der Waals surface area contributed by atoms with Crippen LogP contribution >= 0.6 is 0 Å². The molecule has 3 nitrogen and oxygen atoms in total. The molecule has 0 saturated heterocycles. The Morgan fingerprint density at radius 2 is 1.87 bits per heavy atom. The quantitative estimate of drug-likeness (QED) is 0.441. The van der Waals surface area contributed by atoms with Crippen molar-refractivity contribution in [3.8, 4) is 0 Å². The number of H-pyrrole nitrogens is 1. The Morgan fingerprint density at radius 3 is 2.53 bits per heavy atom. The van der Waals surface area contributed by atoms with Gasteiger partial charge in [-0.25, -0.2) is 13.8 Å². The number of hydrogen-bond donors (Lipinski definition) is 1. The zero-order valence-corrected chi connectivity index (χ0v) is 17.5. The lowest BCUT2D eigenvalue weighted by Gasteiger charge is -2.18. The predicted molar refractivity (Wildman–Crippen MR) is 119 cm³/mol. The maximum Gasteiger partial charge on any atom is 0.137 e. The Kier molecular flexibility index (Phi) is 5.43. The summed E-state index contributed by atoms with van der Waals surface area (Å²) in [6.45, 7) is 1.79. The Bertz CT molecular complexity index is 1290. The number of benzene rings is 2. The molecule has 0 aliphatic rings. The van der Waals surface area contributed by atoms with Crippen molar-refractivity contribution in [3.63, 3.8) is 0 Å². The highest BCUT2D eigenvalue weighted by Gasteiger charge is 2.20. The number of aromatic nitrogens is 2. The fraction of sp³-hybridized carbons (Fsp3) is 0.167. The first kappa shape index (κ1) is 20.3. The van der Waals surface area contributed by atoms with Crippen molar-refractivity contribution in [3.05, 3.63) is 95.3 Å². The zero-order valence-electron chi connectivity index (χ0n) is 16.7. The molecular formula is C24H22F2N2OS. The molecular weight excluding hydrogens is 402 g/mol. The Balaban J connectivity index is 1.79. The van der Waals surface area contributed by atoms with Crippen molar-refractivity contribution in [2.75, 3.05) is 6.26 Å². The minimum absolute atomic E-state index is 0.202. The van der Waals surface area contributed by atoms with Gasteiger partial charge in [-0.05, 0) is 75.8 Å². The van der Waals surface area contributed by atoms with Gasteiger partial charge in [0, 0.05) is 40.4 Å². The third-order valence-corrected chi connectivity index (χ3v) is 7.54. The van der Waals surface area contributed by atoms with Crippen LogP contribution in [0.25, 0.3) is 11.0 Å². The van der Waals surface area contributed by atoms with Crippen LogP contribution < -0.4 is 0 Å². The maximum atomic E-state index is 14.4. The monoisotopic (exact) mass is 424 g/mol. The molecule has 154 valence electrons. The maximum absolute atomic E-state index is 14.4. The first-order valence-electron chi connectivity index (χ1n) is 9.63. The lowest BCUT2D eigenvalue weighted by molar-refractivity contribution is 0.567. The molecule has 2 aromatic carbocycles. The topological polar surface area (TPSA) is 45.8 Å². The van der Waals surface area contributed by atoms with Crippen LogP contribution in [-0.4, -0.2) is 25.8 Å². The summed E-state index contributed by atoms with van der Waals surface area (Å²) in [7, 11) is -2.19. The first-order valence-corrected chi connectivity index (χ1v) is 11.7. The van der Waals surface area contributed by atoms with E-state index in [1.54, 1.807) is 24.7 Å². The third-order valence-electron chi connectivity index (χ3n) is 5.43. The molecule has 0 saturated carbocycles. The summed E-state index contributed by atoms with van der Waals surface area (Å²) < 4.78 is 40.4. The smallest absolute Gasteiger partial charge is 0.137 e. The van der Waals surface area contributed by atoms with Gasteiger partial charge in [0.15, 0.2) is 0 Å². The fourth-order valence-electron chi connectivity index (χ4n) is 3.59. The molecule has 0 bridgehead atoms. The van der Waals surface area contributed by atoms with Crippen LogP contribution in [-0.2, 0) is 15.9 Å². The van der Waals surface area contributed by atoms with E-state index in [0.717, 1.165) is 33.3 Å². The molecule has 0 aliphatic carbocycles. The fourth-order valence-corrected chi connectivity index (χ4v) is 4.54. The molecule has 4 aromatic rings. The van der Waals surface area contributed by atoms with Crippen LogP contribution in [0.1, 0.15) is 29.7 Å². The minimum Gasteiger partial charge on any atom is -0.343 e. The second-order valence-corrected chi connectivity index (χ2v) is 10.1. The molecule has 2 aromatic heterocycles. The SMILES string of the molecule is CC=S(C)(=O)c1ccc(C(Cc2ccc(F)cc2F)c2cc3cccnc3[nH]2)cc1. The van der Waals surface area contributed by atoms with Crippen molar-refractivity contribution in [2.24, 2.45) is 0 Å². The summed E-state index contributed by atoms with van der Waals surface area (Å²) >= 11 is 0. The van der Waals surface area contributed by atoms with Crippen molar-refractivity contribution in [1.29, 1.82) is 0 Å². The molecule has 0 radical (unpaired) electrons. The molecule has 2 heterocycles. The Labute approximate surface area is 174 Å². The van der Waals surface area contributed by atoms with Gasteiger partial charge >= 0.3 is 0 Å². The normalized spacial score (nSPS) is 14.4. The molecule has 30 heavy (non-hydrogen) atoms. The molecule has 0 aliphatic heterocycles. The van der Waals surface area contributed by atoms with Crippen LogP contribution in [0.5, 0.6) is 0 Å². The molecule has 0 fully saturated rings. The Morgan fingerprint density at radius 1 is 1.10 bits per heavy atom. The van der Waals surface area contributed by atoms with E-state index in [2.05, 4.69) is 9.97 Å². The summed E-state index contributed by atoms with van der Waals surface area (Å²) in [6.07, 6.45) is 3.77. The van der Waals surface area contributed by atoms with Crippen molar-refractivity contribution < 1.29 is 13.0 Å². The van der Waals surface area contributed by atoms with Gasteiger partial charge in [-0.15, -0.1) is 0 Å². The summed E-state index contributed by atoms with van der Waals surface area (Å²) in [4.78, 5) is 8.43. The van der Waals surface area contributed by atoms with Gasteiger partial charge in [0.2, 0.25) is 0 Å². The average molecular weight is 425 g/mol. The van der Waals surface area contributed by atoms with E-state index in [0.29, 0.717) is 12.0 Å². The summed E-state index contributed by atoms with van der Waals surface area (Å²) in [5, 5.41) is 2.67. The first-order chi connectivity index (χ1) is 14.4. The summed E-state index contributed by atoms with van der Waals surface area (Å²) in [5.41, 5.74) is 3.02. The van der Waals surface area contributed by atoms with Crippen LogP contribution in [0, 0.1) is 11.6 Å². The van der Waals surface area contributed by atoms with E-state index >= 15 is 0 Å². The molecule has 0 spiro atoms. The van der Waals surface area contributed by atoms with E-state index in [1.807, 2.05) is 42.5 Å². The number of nitrogens with zero attached hydrogens (tertiary/aromatic N) is 1. The summed E-state index contributed by atoms with van der Waals surface area (Å²) in [6, 6.07) is 17.1. The van der Waals surface area contributed by atoms with Gasteiger partial charge in [-0.2, -0.15) is 0 Å². The molecule has 6 heteroatoms. The van der Waals surface area contributed by atoms with Crippen LogP contribution in [0.3, 0.4) is 0 Å². The van der Waals surface area contributed by atoms with Gasteiger partial charge in [0.05, 0.1) is 0 Å². The summed E-state index contributed by atoms with van der Waals surface area (Å²) in [5.74, 6) is -1.37. The van der Waals surface area contributed by atoms with Crippen molar-refractivity contribution >= 4 is 25.9 Å². The minimum atomic E-state index is -2.19. The van der Waals surface area contributed by atoms with Gasteiger partial charge in [0.25, 0.3) is 0 Å². The van der Waals surface area contributed by atoms with E-state index in [4.69, 9.17) is 0 Å². The van der Waals surface area contributed by atoms with Gasteiger partial charge in [0.1, 0.15) is 17.3 Å². The zero-order chi connectivity index (χ0) is 21.3. The lowest BCUT2D eigenvalue weighted by Crippen LogP contribution is -2.08. The van der Waals surface area contributed by atoms with E-state index in [9.17, 15) is 13.0 Å². The third kappa shape index (κ3) is 4.00. The molecule has 1 N–H and O–H groups in total. The van der Waals surface area contributed by atoms with Crippen molar-refractivity contribution in [2.45, 2.75) is 24.2 Å². The van der Waals surface area contributed by atoms with Gasteiger partial charge < -0.3 is 4.98 Å². The highest BCUT2D eigenvalue weighted by molar-refractivity contribution is 8.00. The predicted octanol–water partition coefficient (Wildman–Crippen LogP) is 5.31. The molecule has 2 atom stereocenters. The number of nitrogens with one attached hydrogen (secondary N) is 1. The molecule has 4 rings (SSSR count). The highest BCUT2D eigenvalue weighted by Crippen LogP contribution is 2.31. The van der Waals surface area contributed by atoms with Crippen LogP contribution in [0.15, 0.2) is 71.8 Å². The van der Waals surface area contributed by atoms with Crippen molar-refractivity contribution in [1.82, 2.24) is 9.97 Å². The van der Waals surface area contributed by atoms with E-state index < -0.39 is 21.2 Å². The number of rotatable bonds is 5.